The van der Waals surface area contributed by atoms with Crippen LogP contribution in [0.5, 0.6) is 0 Å². The molecule has 4 aromatic carbocycles. The maximum absolute atomic E-state index is 12.5. The second kappa shape index (κ2) is 17.2. The van der Waals surface area contributed by atoms with Gasteiger partial charge in [0.25, 0.3) is 5.91 Å². The average molecular weight is 692 g/mol. The lowest BCUT2D eigenvalue weighted by molar-refractivity contribution is -0.276. The topological polar surface area (TPSA) is 101 Å². The van der Waals surface area contributed by atoms with Crippen LogP contribution in [0.2, 0.25) is 0 Å². The van der Waals surface area contributed by atoms with E-state index in [2.05, 4.69) is 88.8 Å². The zero-order valence-corrected chi connectivity index (χ0v) is 29.7. The number of ether oxygens (including phenoxy) is 3. The van der Waals surface area contributed by atoms with Gasteiger partial charge in [0, 0.05) is 64.2 Å². The number of carbonyl (C=O) groups is 2. The number of nitrogens with one attached hydrogen (secondary N) is 1. The minimum atomic E-state index is -0.864. The number of piperazine rings is 1. The number of aliphatic hydroxyl groups is 1. The predicted octanol–water partition coefficient (Wildman–Crippen LogP) is 6.02. The third-order valence-corrected chi connectivity index (χ3v) is 9.95. The predicted molar refractivity (Wildman–Crippen MR) is 196 cm³/mol. The first-order valence-electron chi connectivity index (χ1n) is 17.9. The number of carbonyl (C=O) groups excluding carboxylic acids is 2. The van der Waals surface area contributed by atoms with Gasteiger partial charge in [-0.05, 0) is 40.3 Å². The van der Waals surface area contributed by atoms with Crippen LogP contribution in [0.1, 0.15) is 61.0 Å². The lowest BCUT2D eigenvalue weighted by Crippen LogP contribution is -2.51. The van der Waals surface area contributed by atoms with Gasteiger partial charge in [0.15, 0.2) is 12.4 Å². The minimum absolute atomic E-state index is 0.00121. The van der Waals surface area contributed by atoms with Gasteiger partial charge < -0.3 is 24.6 Å². The SMILES string of the molecule is CC(=O)O[C@@H](C)C(=O)NCc1ccccc1-c1ccc([C@H]2O[C@@H](CN3CCN(Cc4ccccc4)CC3)[C@@H](C)[C@@H](c3ccc(CO)cc3)O2)cc1. The fraction of sp³-hybridized carbons (Fsp3) is 0.381. The van der Waals surface area contributed by atoms with Crippen molar-refractivity contribution in [1.29, 1.82) is 0 Å². The largest absolute Gasteiger partial charge is 0.453 e. The molecule has 2 fully saturated rings. The Morgan fingerprint density at radius 3 is 2.16 bits per heavy atom. The van der Waals surface area contributed by atoms with Crippen LogP contribution in [0.4, 0.5) is 0 Å². The highest BCUT2D eigenvalue weighted by Crippen LogP contribution is 2.42. The third kappa shape index (κ3) is 9.49. The van der Waals surface area contributed by atoms with Gasteiger partial charge >= 0.3 is 5.97 Å². The third-order valence-electron chi connectivity index (χ3n) is 9.95. The Balaban J connectivity index is 1.16. The number of nitrogens with zero attached hydrogens (tertiary/aromatic N) is 2. The molecule has 6 rings (SSSR count). The van der Waals surface area contributed by atoms with Gasteiger partial charge in [-0.2, -0.15) is 0 Å². The number of hydrogen-bond donors (Lipinski definition) is 2. The highest BCUT2D eigenvalue weighted by molar-refractivity contribution is 5.83. The van der Waals surface area contributed by atoms with E-state index in [-0.39, 0.29) is 30.6 Å². The van der Waals surface area contributed by atoms with Gasteiger partial charge in [-0.3, -0.25) is 19.4 Å². The number of amides is 1. The molecule has 0 spiro atoms. The van der Waals surface area contributed by atoms with Gasteiger partial charge in [-0.15, -0.1) is 0 Å². The molecule has 2 aliphatic rings. The zero-order valence-electron chi connectivity index (χ0n) is 29.7. The fourth-order valence-corrected chi connectivity index (χ4v) is 6.96. The summed E-state index contributed by atoms with van der Waals surface area (Å²) in [7, 11) is 0. The molecule has 5 atom stereocenters. The Morgan fingerprint density at radius 2 is 1.47 bits per heavy atom. The molecule has 0 aromatic heterocycles. The van der Waals surface area contributed by atoms with Crippen LogP contribution in [-0.2, 0) is 43.5 Å². The van der Waals surface area contributed by atoms with Crippen molar-refractivity contribution < 1.29 is 28.9 Å². The summed E-state index contributed by atoms with van der Waals surface area (Å²) in [5.41, 5.74) is 7.16. The maximum Gasteiger partial charge on any atom is 0.303 e. The normalized spacial score (nSPS) is 21.9. The molecule has 0 radical (unpaired) electrons. The second-order valence-electron chi connectivity index (χ2n) is 13.6. The summed E-state index contributed by atoms with van der Waals surface area (Å²) in [5.74, 6) is -0.734. The van der Waals surface area contributed by atoms with Crippen molar-refractivity contribution in [2.75, 3.05) is 32.7 Å². The summed E-state index contributed by atoms with van der Waals surface area (Å²) in [6, 6.07) is 34.9. The Kier molecular flexibility index (Phi) is 12.3. The van der Waals surface area contributed by atoms with E-state index in [0.717, 1.165) is 72.6 Å². The molecule has 51 heavy (non-hydrogen) atoms. The van der Waals surface area contributed by atoms with Crippen molar-refractivity contribution in [3.8, 4) is 11.1 Å². The quantitative estimate of drug-likeness (QED) is 0.174. The molecule has 9 heteroatoms. The molecule has 2 aliphatic heterocycles. The lowest BCUT2D eigenvalue weighted by atomic mass is 9.89. The monoisotopic (exact) mass is 691 g/mol. The summed E-state index contributed by atoms with van der Waals surface area (Å²) in [6.07, 6.45) is -1.65. The van der Waals surface area contributed by atoms with Crippen molar-refractivity contribution in [2.24, 2.45) is 5.92 Å². The average Bonchev–Trinajstić information content (AvgIpc) is 3.16. The molecule has 1 amide bonds. The van der Waals surface area contributed by atoms with E-state index in [9.17, 15) is 14.7 Å². The van der Waals surface area contributed by atoms with Gasteiger partial charge in [-0.25, -0.2) is 0 Å². The van der Waals surface area contributed by atoms with Crippen LogP contribution in [0.3, 0.4) is 0 Å². The number of aliphatic hydroxyl groups excluding tert-OH is 1. The summed E-state index contributed by atoms with van der Waals surface area (Å²) in [6.45, 7) is 11.1. The van der Waals surface area contributed by atoms with Crippen LogP contribution in [0.15, 0.2) is 103 Å². The van der Waals surface area contributed by atoms with E-state index in [1.807, 2.05) is 36.4 Å². The highest BCUT2D eigenvalue weighted by atomic mass is 16.7. The zero-order chi connectivity index (χ0) is 35.7. The molecule has 0 bridgehead atoms. The first kappa shape index (κ1) is 36.4. The summed E-state index contributed by atoms with van der Waals surface area (Å²) < 4.78 is 18.5. The molecule has 268 valence electrons. The highest BCUT2D eigenvalue weighted by Gasteiger charge is 2.39. The molecule has 4 aromatic rings. The molecule has 2 saturated heterocycles. The number of hydrogen-bond acceptors (Lipinski definition) is 8. The van der Waals surface area contributed by atoms with Crippen LogP contribution in [0, 0.1) is 5.92 Å². The number of benzene rings is 4. The Morgan fingerprint density at radius 1 is 0.824 bits per heavy atom. The van der Waals surface area contributed by atoms with Gasteiger partial charge in [-0.1, -0.05) is 110 Å². The standard InChI is InChI=1S/C42H49N3O6/c1-29-39(27-45-23-21-44(22-24-45)26-32-9-5-4-6-10-32)50-42(51-40(29)35-15-13-33(28-46)14-16-35)36-19-17-34(18-20-36)38-12-8-7-11-37(38)25-43-41(48)30(2)49-31(3)47/h4-20,29-30,39-40,42,46H,21-28H2,1-3H3,(H,43,48)/t29-,30+,39+,40+,42+/m1/s1. The van der Waals surface area contributed by atoms with Gasteiger partial charge in [0.05, 0.1) is 18.8 Å². The van der Waals surface area contributed by atoms with Crippen LogP contribution < -0.4 is 5.32 Å². The van der Waals surface area contributed by atoms with Crippen molar-refractivity contribution in [3.05, 3.63) is 131 Å². The number of rotatable bonds is 12. The van der Waals surface area contributed by atoms with Crippen LogP contribution >= 0.6 is 0 Å². The van der Waals surface area contributed by atoms with E-state index in [1.54, 1.807) is 6.92 Å². The molecule has 9 nitrogen and oxygen atoms in total. The fourth-order valence-electron chi connectivity index (χ4n) is 6.96. The van der Waals surface area contributed by atoms with Gasteiger partial charge in [0.1, 0.15) is 0 Å². The minimum Gasteiger partial charge on any atom is -0.453 e. The first-order valence-corrected chi connectivity index (χ1v) is 17.9. The van der Waals surface area contributed by atoms with Crippen molar-refractivity contribution in [1.82, 2.24) is 15.1 Å². The van der Waals surface area contributed by atoms with E-state index < -0.39 is 18.4 Å². The molecule has 0 unspecified atom stereocenters. The van der Waals surface area contributed by atoms with Crippen molar-refractivity contribution in [3.63, 3.8) is 0 Å². The van der Waals surface area contributed by atoms with Crippen LogP contribution in [0.25, 0.3) is 11.1 Å². The second-order valence-corrected chi connectivity index (χ2v) is 13.6. The summed E-state index contributed by atoms with van der Waals surface area (Å²) in [4.78, 5) is 28.8. The van der Waals surface area contributed by atoms with E-state index in [0.29, 0.717) is 6.54 Å². The molecule has 0 saturated carbocycles. The van der Waals surface area contributed by atoms with Crippen LogP contribution in [-0.4, -0.2) is 71.7 Å². The molecular weight excluding hydrogens is 642 g/mol. The van der Waals surface area contributed by atoms with Gasteiger partial charge in [0.2, 0.25) is 0 Å². The number of esters is 1. The molecular formula is C42H49N3O6. The lowest BCUT2D eigenvalue weighted by Gasteiger charge is -2.44. The summed E-state index contributed by atoms with van der Waals surface area (Å²) >= 11 is 0. The molecule has 0 aliphatic carbocycles. The summed E-state index contributed by atoms with van der Waals surface area (Å²) in [5, 5.41) is 12.5. The van der Waals surface area contributed by atoms with Crippen molar-refractivity contribution >= 4 is 11.9 Å². The van der Waals surface area contributed by atoms with E-state index in [4.69, 9.17) is 14.2 Å². The maximum atomic E-state index is 12.5. The van der Waals surface area contributed by atoms with E-state index >= 15 is 0 Å². The molecule has 2 N–H and O–H groups in total. The Labute approximate surface area is 301 Å². The van der Waals surface area contributed by atoms with Crippen molar-refractivity contribution in [2.45, 2.75) is 65.1 Å². The molecule has 2 heterocycles. The van der Waals surface area contributed by atoms with E-state index in [1.165, 1.54) is 12.5 Å². The first-order chi connectivity index (χ1) is 24.8. The smallest absolute Gasteiger partial charge is 0.303 e. The Hall–Kier alpha value is -4.38. The Bertz CT molecular complexity index is 1720.